The molecule has 0 saturated carbocycles. The van der Waals surface area contributed by atoms with Crippen molar-refractivity contribution >= 4 is 11.6 Å². The molecule has 1 aliphatic heterocycles. The fourth-order valence-electron chi connectivity index (χ4n) is 2.21. The number of carbonyl (C=O) groups excluding carboxylic acids is 1. The molecule has 2 heterocycles. The van der Waals surface area contributed by atoms with Crippen molar-refractivity contribution in [2.45, 2.75) is 33.1 Å². The second-order valence-electron chi connectivity index (χ2n) is 5.54. The molecule has 104 valence electrons. The first-order valence-electron chi connectivity index (χ1n) is 7.16. The molecule has 1 aromatic heterocycles. The van der Waals surface area contributed by atoms with Gasteiger partial charge in [0, 0.05) is 19.6 Å². The van der Waals surface area contributed by atoms with Gasteiger partial charge in [-0.2, -0.15) is 0 Å². The van der Waals surface area contributed by atoms with E-state index in [4.69, 9.17) is 0 Å². The monoisotopic (exact) mass is 261 g/mol. The number of hydrogen-bond donors (Lipinski definition) is 1. The molecule has 0 unspecified atom stereocenters. The van der Waals surface area contributed by atoms with Crippen molar-refractivity contribution in [3.8, 4) is 0 Å². The van der Waals surface area contributed by atoms with Crippen LogP contribution >= 0.6 is 0 Å². The van der Waals surface area contributed by atoms with E-state index >= 15 is 0 Å². The van der Waals surface area contributed by atoms with E-state index in [9.17, 15) is 4.79 Å². The molecule has 4 nitrogen and oxygen atoms in total. The van der Waals surface area contributed by atoms with E-state index in [0.717, 1.165) is 44.6 Å². The maximum absolute atomic E-state index is 12.1. The fraction of sp³-hybridized carbons (Fsp3) is 0.600. The summed E-state index contributed by atoms with van der Waals surface area (Å²) < 4.78 is 0. The van der Waals surface area contributed by atoms with Crippen LogP contribution in [-0.4, -0.2) is 35.4 Å². The van der Waals surface area contributed by atoms with Crippen LogP contribution in [0.3, 0.4) is 0 Å². The van der Waals surface area contributed by atoms with Gasteiger partial charge in [0.05, 0.1) is 11.9 Å². The van der Waals surface area contributed by atoms with Gasteiger partial charge in [-0.15, -0.1) is 0 Å². The number of amides is 1. The quantitative estimate of drug-likeness (QED) is 0.886. The van der Waals surface area contributed by atoms with Gasteiger partial charge in [0.1, 0.15) is 5.69 Å². The Morgan fingerprint density at radius 2 is 2.11 bits per heavy atom. The predicted octanol–water partition coefficient (Wildman–Crippen LogP) is 2.78. The summed E-state index contributed by atoms with van der Waals surface area (Å²) in [5.74, 6) is 0.753. The van der Waals surface area contributed by atoms with Gasteiger partial charge in [0.2, 0.25) is 0 Å². The van der Waals surface area contributed by atoms with Crippen LogP contribution in [-0.2, 0) is 0 Å². The minimum absolute atomic E-state index is 0.0613. The van der Waals surface area contributed by atoms with E-state index in [1.807, 2.05) is 17.0 Å². The molecule has 19 heavy (non-hydrogen) atoms. The largest absolute Gasteiger partial charge is 0.384 e. The first-order valence-corrected chi connectivity index (χ1v) is 7.16. The predicted molar refractivity (Wildman–Crippen MR) is 77.3 cm³/mol. The maximum Gasteiger partial charge on any atom is 0.272 e. The highest BCUT2D eigenvalue weighted by Gasteiger charge is 2.20. The van der Waals surface area contributed by atoms with E-state index in [1.54, 1.807) is 6.20 Å². The third kappa shape index (κ3) is 3.94. The molecule has 1 fully saturated rings. The standard InChI is InChI=1S/C15H23N3O/c1-12(2)7-8-16-13-5-6-14(17-11-13)15(19)18-9-3-4-10-18/h5-6,11-12,16H,3-4,7-10H2,1-2H3. The summed E-state index contributed by atoms with van der Waals surface area (Å²) >= 11 is 0. The van der Waals surface area contributed by atoms with Gasteiger partial charge in [0.25, 0.3) is 5.91 Å². The van der Waals surface area contributed by atoms with E-state index < -0.39 is 0 Å². The summed E-state index contributed by atoms with van der Waals surface area (Å²) in [6, 6.07) is 3.76. The summed E-state index contributed by atoms with van der Waals surface area (Å²) in [7, 11) is 0. The zero-order valence-corrected chi connectivity index (χ0v) is 11.9. The van der Waals surface area contributed by atoms with Gasteiger partial charge in [0.15, 0.2) is 0 Å². The van der Waals surface area contributed by atoms with Crippen molar-refractivity contribution in [1.29, 1.82) is 0 Å². The van der Waals surface area contributed by atoms with Crippen LogP contribution in [0.15, 0.2) is 18.3 Å². The summed E-state index contributed by atoms with van der Waals surface area (Å²) in [5.41, 5.74) is 1.54. The highest BCUT2D eigenvalue weighted by Crippen LogP contribution is 2.13. The number of aromatic nitrogens is 1. The van der Waals surface area contributed by atoms with Gasteiger partial charge in [-0.1, -0.05) is 13.8 Å². The molecule has 1 N–H and O–H groups in total. The Kier molecular flexibility index (Phi) is 4.77. The number of hydrogen-bond acceptors (Lipinski definition) is 3. The Labute approximate surface area is 115 Å². The van der Waals surface area contributed by atoms with Crippen molar-refractivity contribution < 1.29 is 4.79 Å². The summed E-state index contributed by atoms with van der Waals surface area (Å²) in [5, 5.41) is 3.32. The number of anilines is 1. The summed E-state index contributed by atoms with van der Waals surface area (Å²) in [6.45, 7) is 7.10. The smallest absolute Gasteiger partial charge is 0.272 e. The Morgan fingerprint density at radius 1 is 1.37 bits per heavy atom. The molecule has 2 rings (SSSR count). The molecule has 0 spiro atoms. The number of nitrogens with zero attached hydrogens (tertiary/aromatic N) is 2. The van der Waals surface area contributed by atoms with Gasteiger partial charge >= 0.3 is 0 Å². The average Bonchev–Trinajstić information content (AvgIpc) is 2.92. The number of likely N-dealkylation sites (tertiary alicyclic amines) is 1. The molecular formula is C15H23N3O. The molecule has 0 radical (unpaired) electrons. The van der Waals surface area contributed by atoms with Crippen molar-refractivity contribution in [3.05, 3.63) is 24.0 Å². The topological polar surface area (TPSA) is 45.2 Å². The Morgan fingerprint density at radius 3 is 2.68 bits per heavy atom. The SMILES string of the molecule is CC(C)CCNc1ccc(C(=O)N2CCCC2)nc1. The second-order valence-corrected chi connectivity index (χ2v) is 5.54. The lowest BCUT2D eigenvalue weighted by Crippen LogP contribution is -2.28. The number of rotatable bonds is 5. The Bertz CT molecular complexity index is 408. The molecule has 0 bridgehead atoms. The van der Waals surface area contributed by atoms with Crippen molar-refractivity contribution in [1.82, 2.24) is 9.88 Å². The summed E-state index contributed by atoms with van der Waals surface area (Å²) in [6.07, 6.45) is 5.11. The lowest BCUT2D eigenvalue weighted by Gasteiger charge is -2.14. The number of nitrogens with one attached hydrogen (secondary N) is 1. The maximum atomic E-state index is 12.1. The van der Waals surface area contributed by atoms with Gasteiger partial charge < -0.3 is 10.2 Å². The van der Waals surface area contributed by atoms with Crippen LogP contribution in [0.1, 0.15) is 43.6 Å². The lowest BCUT2D eigenvalue weighted by molar-refractivity contribution is 0.0787. The highest BCUT2D eigenvalue weighted by atomic mass is 16.2. The molecule has 0 aliphatic carbocycles. The minimum Gasteiger partial charge on any atom is -0.384 e. The first-order chi connectivity index (χ1) is 9.16. The van der Waals surface area contributed by atoms with E-state index in [0.29, 0.717) is 11.6 Å². The molecule has 1 amide bonds. The van der Waals surface area contributed by atoms with Gasteiger partial charge in [-0.05, 0) is 37.3 Å². The molecule has 4 heteroatoms. The third-order valence-electron chi connectivity index (χ3n) is 3.43. The van der Waals surface area contributed by atoms with Crippen LogP contribution in [0.5, 0.6) is 0 Å². The fourth-order valence-corrected chi connectivity index (χ4v) is 2.21. The summed E-state index contributed by atoms with van der Waals surface area (Å²) in [4.78, 5) is 18.3. The third-order valence-corrected chi connectivity index (χ3v) is 3.43. The van der Waals surface area contributed by atoms with Crippen molar-refractivity contribution in [2.75, 3.05) is 25.0 Å². The van der Waals surface area contributed by atoms with E-state index in [-0.39, 0.29) is 5.91 Å². The van der Waals surface area contributed by atoms with E-state index in [1.165, 1.54) is 0 Å². The molecule has 1 aromatic rings. The van der Waals surface area contributed by atoms with Crippen LogP contribution < -0.4 is 5.32 Å². The number of carbonyl (C=O) groups is 1. The zero-order chi connectivity index (χ0) is 13.7. The second kappa shape index (κ2) is 6.55. The Hall–Kier alpha value is -1.58. The van der Waals surface area contributed by atoms with Crippen molar-refractivity contribution in [2.24, 2.45) is 5.92 Å². The minimum atomic E-state index is 0.0613. The van der Waals surface area contributed by atoms with Crippen molar-refractivity contribution in [3.63, 3.8) is 0 Å². The lowest BCUT2D eigenvalue weighted by atomic mass is 10.1. The first kappa shape index (κ1) is 13.8. The van der Waals surface area contributed by atoms with Gasteiger partial charge in [-0.3, -0.25) is 4.79 Å². The molecule has 1 saturated heterocycles. The van der Waals surface area contributed by atoms with Gasteiger partial charge in [-0.25, -0.2) is 4.98 Å². The molecule has 1 aliphatic rings. The average molecular weight is 261 g/mol. The van der Waals surface area contributed by atoms with Crippen LogP contribution in [0.25, 0.3) is 0 Å². The van der Waals surface area contributed by atoms with Crippen LogP contribution in [0.2, 0.25) is 0 Å². The molecule has 0 atom stereocenters. The Balaban J connectivity index is 1.88. The van der Waals surface area contributed by atoms with Crippen LogP contribution in [0, 0.1) is 5.92 Å². The molecule has 0 aromatic carbocycles. The number of pyridine rings is 1. The molecular weight excluding hydrogens is 238 g/mol. The van der Waals surface area contributed by atoms with E-state index in [2.05, 4.69) is 24.1 Å². The normalized spacial score (nSPS) is 15.0. The highest BCUT2D eigenvalue weighted by molar-refractivity contribution is 5.92. The van der Waals surface area contributed by atoms with Crippen LogP contribution in [0.4, 0.5) is 5.69 Å². The zero-order valence-electron chi connectivity index (χ0n) is 11.9.